The van der Waals surface area contributed by atoms with Crippen molar-refractivity contribution in [1.82, 2.24) is 4.90 Å². The highest BCUT2D eigenvalue weighted by Crippen LogP contribution is 2.24. The summed E-state index contributed by atoms with van der Waals surface area (Å²) in [6.45, 7) is 1.16. The van der Waals surface area contributed by atoms with Crippen molar-refractivity contribution in [1.29, 1.82) is 0 Å². The first-order valence-corrected chi connectivity index (χ1v) is 9.72. The van der Waals surface area contributed by atoms with Gasteiger partial charge in [0.05, 0.1) is 0 Å². The van der Waals surface area contributed by atoms with Crippen LogP contribution in [0.25, 0.3) is 0 Å². The number of halogens is 2. The van der Waals surface area contributed by atoms with Crippen molar-refractivity contribution in [3.05, 3.63) is 34.1 Å². The van der Waals surface area contributed by atoms with Gasteiger partial charge in [-0.05, 0) is 23.8 Å². The van der Waals surface area contributed by atoms with Crippen molar-refractivity contribution in [2.24, 2.45) is 0 Å². The number of thioether (sulfide) groups is 1. The Kier molecular flexibility index (Phi) is 4.92. The molecular weight excluding hydrogens is 353 g/mol. The highest BCUT2D eigenvalue weighted by molar-refractivity contribution is 9.10. The highest BCUT2D eigenvalue weighted by Gasteiger charge is 2.30. The third kappa shape index (κ3) is 4.18. The van der Waals surface area contributed by atoms with E-state index in [4.69, 9.17) is 0 Å². The Labute approximate surface area is 125 Å². The average molecular weight is 368 g/mol. The summed E-state index contributed by atoms with van der Waals surface area (Å²) < 4.78 is 37.6. The number of benzene rings is 1. The monoisotopic (exact) mass is 367 g/mol. The summed E-state index contributed by atoms with van der Waals surface area (Å²) in [5.74, 6) is 1.17. The second kappa shape index (κ2) is 6.11. The molecule has 0 aliphatic carbocycles. The fourth-order valence-corrected chi connectivity index (χ4v) is 5.58. The molecular formula is C12H15BrFNO2S2. The molecule has 1 aromatic carbocycles. The minimum absolute atomic E-state index is 0.313. The minimum Gasteiger partial charge on any atom is -0.281 e. The average Bonchev–Trinajstić information content (AvgIpc) is 2.26. The van der Waals surface area contributed by atoms with Gasteiger partial charge >= 0.3 is 0 Å². The number of hydrogen-bond donors (Lipinski definition) is 0. The van der Waals surface area contributed by atoms with Gasteiger partial charge in [-0.1, -0.05) is 15.9 Å². The zero-order valence-electron chi connectivity index (χ0n) is 10.5. The molecule has 1 heterocycles. The summed E-state index contributed by atoms with van der Waals surface area (Å²) in [6, 6.07) is 4.67. The Balaban J connectivity index is 2.20. The number of hydrogen-bond acceptors (Lipinski definition) is 4. The Bertz CT molecular complexity index is 545. The molecule has 106 valence electrons. The van der Waals surface area contributed by atoms with Gasteiger partial charge in [-0.3, -0.25) is 4.90 Å². The third-order valence-electron chi connectivity index (χ3n) is 2.99. The molecule has 1 unspecified atom stereocenters. The van der Waals surface area contributed by atoms with E-state index in [0.717, 1.165) is 11.3 Å². The van der Waals surface area contributed by atoms with Gasteiger partial charge in [0.1, 0.15) is 11.2 Å². The molecule has 0 radical (unpaired) electrons. The molecule has 0 amide bonds. The molecule has 0 N–H and O–H groups in total. The minimum atomic E-state index is -3.12. The van der Waals surface area contributed by atoms with Crippen molar-refractivity contribution < 1.29 is 12.8 Å². The first-order chi connectivity index (χ1) is 8.86. The first-order valence-electron chi connectivity index (χ1n) is 5.82. The molecule has 1 aliphatic rings. The molecule has 7 heteroatoms. The molecule has 1 saturated heterocycles. The van der Waals surface area contributed by atoms with Gasteiger partial charge in [0, 0.05) is 35.3 Å². The molecule has 0 aromatic heterocycles. The lowest BCUT2D eigenvalue weighted by Gasteiger charge is -2.34. The van der Waals surface area contributed by atoms with Crippen LogP contribution in [0, 0.1) is 5.82 Å². The third-order valence-corrected chi connectivity index (χ3v) is 6.14. The first kappa shape index (κ1) is 15.3. The lowest BCUT2D eigenvalue weighted by Crippen LogP contribution is -2.46. The molecule has 0 spiro atoms. The fourth-order valence-electron chi connectivity index (χ4n) is 2.13. The fraction of sp³-hybridized carbons (Fsp3) is 0.500. The van der Waals surface area contributed by atoms with Crippen LogP contribution in [0.3, 0.4) is 0 Å². The molecule has 2 rings (SSSR count). The summed E-state index contributed by atoms with van der Waals surface area (Å²) in [7, 11) is -3.12. The van der Waals surface area contributed by atoms with Crippen molar-refractivity contribution in [3.8, 4) is 0 Å². The molecule has 0 bridgehead atoms. The van der Waals surface area contributed by atoms with Crippen molar-refractivity contribution in [2.75, 3.05) is 24.3 Å². The molecule has 1 aliphatic heterocycles. The molecule has 1 fully saturated rings. The summed E-state index contributed by atoms with van der Waals surface area (Å²) in [5.41, 5.74) is 0.785. The normalized spacial score (nSPS) is 21.5. The van der Waals surface area contributed by atoms with E-state index in [1.165, 1.54) is 18.4 Å². The maximum absolute atomic E-state index is 13.3. The number of sulfone groups is 1. The maximum Gasteiger partial charge on any atom is 0.164 e. The Morgan fingerprint density at radius 3 is 2.84 bits per heavy atom. The Morgan fingerprint density at radius 1 is 1.47 bits per heavy atom. The van der Waals surface area contributed by atoms with Crippen molar-refractivity contribution in [2.45, 2.75) is 11.9 Å². The van der Waals surface area contributed by atoms with Crippen LogP contribution in [0.1, 0.15) is 5.56 Å². The van der Waals surface area contributed by atoms with Gasteiger partial charge in [-0.2, -0.15) is 11.8 Å². The summed E-state index contributed by atoms with van der Waals surface area (Å²) >= 11 is 4.90. The van der Waals surface area contributed by atoms with E-state index < -0.39 is 15.2 Å². The highest BCUT2D eigenvalue weighted by atomic mass is 79.9. The molecule has 1 aromatic rings. The number of rotatable bonds is 3. The van der Waals surface area contributed by atoms with Gasteiger partial charge in [-0.15, -0.1) is 0 Å². The van der Waals surface area contributed by atoms with Crippen LogP contribution in [0.15, 0.2) is 22.7 Å². The van der Waals surface area contributed by atoms with Gasteiger partial charge in [0.15, 0.2) is 9.84 Å². The van der Waals surface area contributed by atoms with E-state index in [2.05, 4.69) is 15.9 Å². The lowest BCUT2D eigenvalue weighted by molar-refractivity contribution is 0.262. The van der Waals surface area contributed by atoms with Crippen molar-refractivity contribution in [3.63, 3.8) is 0 Å². The zero-order valence-corrected chi connectivity index (χ0v) is 13.7. The second-order valence-corrected chi connectivity index (χ2v) is 8.88. The van der Waals surface area contributed by atoms with Gasteiger partial charge in [0.2, 0.25) is 0 Å². The second-order valence-electron chi connectivity index (χ2n) is 4.61. The van der Waals surface area contributed by atoms with Gasteiger partial charge < -0.3 is 0 Å². The van der Waals surface area contributed by atoms with E-state index in [-0.39, 0.29) is 5.82 Å². The van der Waals surface area contributed by atoms with E-state index in [1.807, 2.05) is 11.0 Å². The van der Waals surface area contributed by atoms with Crippen LogP contribution in [0.4, 0.5) is 4.39 Å². The van der Waals surface area contributed by atoms with E-state index >= 15 is 0 Å². The summed E-state index contributed by atoms with van der Waals surface area (Å²) in [5, 5.41) is -0.478. The van der Waals surface area contributed by atoms with E-state index in [0.29, 0.717) is 23.3 Å². The Morgan fingerprint density at radius 2 is 2.21 bits per heavy atom. The molecule has 19 heavy (non-hydrogen) atoms. The largest absolute Gasteiger partial charge is 0.281 e. The Hall–Kier alpha value is -0.110. The predicted molar refractivity (Wildman–Crippen MR) is 80.5 cm³/mol. The lowest BCUT2D eigenvalue weighted by atomic mass is 10.2. The van der Waals surface area contributed by atoms with E-state index in [9.17, 15) is 12.8 Å². The quantitative estimate of drug-likeness (QED) is 0.822. The van der Waals surface area contributed by atoms with Crippen LogP contribution < -0.4 is 0 Å². The van der Waals surface area contributed by atoms with Crippen LogP contribution in [-0.2, 0) is 16.4 Å². The smallest absolute Gasteiger partial charge is 0.164 e. The standard InChI is InChI=1S/C12H15BrFNO2S2/c1-19(16,17)12-8-18-3-2-15(12)7-9-4-10(13)6-11(14)5-9/h4-6,12H,2-3,7-8H2,1H3. The molecule has 0 saturated carbocycles. The predicted octanol–water partition coefficient (Wildman–Crippen LogP) is 2.51. The van der Waals surface area contributed by atoms with Crippen LogP contribution in [-0.4, -0.2) is 43.0 Å². The van der Waals surface area contributed by atoms with Crippen LogP contribution >= 0.6 is 27.7 Å². The molecule has 3 nitrogen and oxygen atoms in total. The van der Waals surface area contributed by atoms with Crippen LogP contribution in [0.5, 0.6) is 0 Å². The SMILES string of the molecule is CS(=O)(=O)C1CSCCN1Cc1cc(F)cc(Br)c1. The van der Waals surface area contributed by atoms with Crippen LogP contribution in [0.2, 0.25) is 0 Å². The van der Waals surface area contributed by atoms with Gasteiger partial charge in [0.25, 0.3) is 0 Å². The summed E-state index contributed by atoms with van der Waals surface area (Å²) in [6.07, 6.45) is 1.26. The van der Waals surface area contributed by atoms with Gasteiger partial charge in [-0.25, -0.2) is 12.8 Å². The zero-order chi connectivity index (χ0) is 14.0. The molecule has 1 atom stereocenters. The summed E-state index contributed by atoms with van der Waals surface area (Å²) in [4.78, 5) is 1.91. The number of nitrogens with zero attached hydrogens (tertiary/aromatic N) is 1. The maximum atomic E-state index is 13.3. The topological polar surface area (TPSA) is 37.4 Å². The van der Waals surface area contributed by atoms with Crippen molar-refractivity contribution >= 4 is 37.5 Å². The van der Waals surface area contributed by atoms with E-state index in [1.54, 1.807) is 11.8 Å².